The van der Waals surface area contributed by atoms with Gasteiger partial charge in [-0.2, -0.15) is 0 Å². The maximum atomic E-state index is 12.9. The van der Waals surface area contributed by atoms with Crippen LogP contribution in [0.4, 0.5) is 10.1 Å². The number of rotatable bonds is 4. The normalized spacial score (nSPS) is 11.8. The van der Waals surface area contributed by atoms with Gasteiger partial charge in [0.2, 0.25) is 5.91 Å². The number of sulfonamides is 1. The molecule has 0 bridgehead atoms. The number of hydrogen-bond donors (Lipinski definition) is 2. The SMILES string of the molecule is CC(=O)N(O)C(C)C#Cc1cccc(S(=O)(=O)Nc2ccc(F)cc2)c1. The summed E-state index contributed by atoms with van der Waals surface area (Å²) in [7, 11) is -3.87. The first-order valence-corrected chi connectivity index (χ1v) is 9.06. The van der Waals surface area contributed by atoms with Gasteiger partial charge >= 0.3 is 0 Å². The fraction of sp³-hybridized carbons (Fsp3) is 0.167. The van der Waals surface area contributed by atoms with Crippen LogP contribution in [0.25, 0.3) is 0 Å². The Morgan fingerprint density at radius 1 is 1.23 bits per heavy atom. The number of benzene rings is 2. The van der Waals surface area contributed by atoms with Crippen LogP contribution in [0.2, 0.25) is 0 Å². The van der Waals surface area contributed by atoms with E-state index >= 15 is 0 Å². The summed E-state index contributed by atoms with van der Waals surface area (Å²) >= 11 is 0. The predicted octanol–water partition coefficient (Wildman–Crippen LogP) is 2.60. The van der Waals surface area contributed by atoms with Crippen LogP contribution in [-0.4, -0.2) is 30.6 Å². The molecule has 2 rings (SSSR count). The topological polar surface area (TPSA) is 86.7 Å². The van der Waals surface area contributed by atoms with Crippen LogP contribution >= 0.6 is 0 Å². The second kappa shape index (κ2) is 7.99. The number of hydroxylamine groups is 2. The van der Waals surface area contributed by atoms with E-state index in [0.29, 0.717) is 10.6 Å². The highest BCUT2D eigenvalue weighted by Gasteiger charge is 2.15. The molecule has 26 heavy (non-hydrogen) atoms. The quantitative estimate of drug-likeness (QED) is 0.488. The molecule has 0 aliphatic carbocycles. The lowest BCUT2D eigenvalue weighted by Crippen LogP contribution is -2.32. The van der Waals surface area contributed by atoms with Crippen LogP contribution in [0.5, 0.6) is 0 Å². The Morgan fingerprint density at radius 3 is 2.50 bits per heavy atom. The maximum Gasteiger partial charge on any atom is 0.261 e. The lowest BCUT2D eigenvalue weighted by Gasteiger charge is -2.15. The molecule has 2 aromatic carbocycles. The molecule has 1 amide bonds. The number of anilines is 1. The van der Waals surface area contributed by atoms with Crippen LogP contribution in [0.1, 0.15) is 19.4 Å². The molecule has 0 saturated heterocycles. The molecule has 1 unspecified atom stereocenters. The summed E-state index contributed by atoms with van der Waals surface area (Å²) in [6.07, 6.45) is 0. The maximum absolute atomic E-state index is 12.9. The van der Waals surface area contributed by atoms with Gasteiger partial charge in [0, 0.05) is 18.2 Å². The molecule has 0 aromatic heterocycles. The van der Waals surface area contributed by atoms with Crippen molar-refractivity contribution >= 4 is 21.6 Å². The smallest absolute Gasteiger partial charge is 0.261 e. The van der Waals surface area contributed by atoms with Gasteiger partial charge in [-0.05, 0) is 49.4 Å². The number of hydrogen-bond acceptors (Lipinski definition) is 4. The minimum atomic E-state index is -3.87. The molecule has 8 heteroatoms. The van der Waals surface area contributed by atoms with Gasteiger partial charge in [-0.25, -0.2) is 17.9 Å². The lowest BCUT2D eigenvalue weighted by atomic mass is 10.2. The van der Waals surface area contributed by atoms with Crippen LogP contribution in [0.15, 0.2) is 53.4 Å². The molecule has 0 aliphatic heterocycles. The third kappa shape index (κ3) is 5.05. The third-order valence-corrected chi connectivity index (χ3v) is 4.73. The first-order valence-electron chi connectivity index (χ1n) is 7.58. The van der Waals surface area contributed by atoms with E-state index in [1.54, 1.807) is 6.07 Å². The van der Waals surface area contributed by atoms with Crippen LogP contribution in [-0.2, 0) is 14.8 Å². The molecule has 0 fully saturated rings. The molecule has 0 radical (unpaired) electrons. The van der Waals surface area contributed by atoms with Crippen molar-refractivity contribution < 1.29 is 22.8 Å². The Kier molecular flexibility index (Phi) is 5.97. The van der Waals surface area contributed by atoms with Gasteiger partial charge in [0.05, 0.1) is 4.90 Å². The number of carbonyl (C=O) groups is 1. The van der Waals surface area contributed by atoms with Crippen molar-refractivity contribution in [3.63, 3.8) is 0 Å². The summed E-state index contributed by atoms with van der Waals surface area (Å²) in [4.78, 5) is 11.1. The molecule has 1 atom stereocenters. The van der Waals surface area contributed by atoms with Gasteiger partial charge in [0.25, 0.3) is 10.0 Å². The van der Waals surface area contributed by atoms with Crippen molar-refractivity contribution in [3.8, 4) is 11.8 Å². The predicted molar refractivity (Wildman–Crippen MR) is 94.3 cm³/mol. The number of nitrogens with one attached hydrogen (secondary N) is 1. The van der Waals surface area contributed by atoms with E-state index in [1.807, 2.05) is 0 Å². The molecule has 0 spiro atoms. The van der Waals surface area contributed by atoms with Gasteiger partial charge in [-0.1, -0.05) is 17.9 Å². The largest absolute Gasteiger partial charge is 0.285 e. The van der Waals surface area contributed by atoms with E-state index in [1.165, 1.54) is 44.2 Å². The Hall–Kier alpha value is -2.89. The Bertz CT molecular complexity index is 963. The average molecular weight is 376 g/mol. The fourth-order valence-electron chi connectivity index (χ4n) is 1.99. The Morgan fingerprint density at radius 2 is 1.88 bits per heavy atom. The van der Waals surface area contributed by atoms with Crippen molar-refractivity contribution in [1.82, 2.24) is 5.06 Å². The molecule has 6 nitrogen and oxygen atoms in total. The molecule has 2 N–H and O–H groups in total. The zero-order valence-corrected chi connectivity index (χ0v) is 14.9. The molecule has 0 aliphatic rings. The first-order chi connectivity index (χ1) is 12.2. The highest BCUT2D eigenvalue weighted by atomic mass is 32.2. The summed E-state index contributed by atoms with van der Waals surface area (Å²) in [5.41, 5.74) is 0.629. The summed E-state index contributed by atoms with van der Waals surface area (Å²) in [5, 5.41) is 9.98. The van der Waals surface area contributed by atoms with Crippen LogP contribution in [0, 0.1) is 17.7 Å². The molecular formula is C18H17FN2O4S. The van der Waals surface area contributed by atoms with Gasteiger partial charge in [-0.15, -0.1) is 0 Å². The van der Waals surface area contributed by atoms with Crippen LogP contribution in [0.3, 0.4) is 0 Å². The zero-order chi connectivity index (χ0) is 19.3. The standard InChI is InChI=1S/C18H17FN2O4S/c1-13(21(23)14(2)22)6-7-15-4-3-5-18(12-15)26(24,25)20-17-10-8-16(19)9-11-17/h3-5,8-13,20,23H,1-2H3. The van der Waals surface area contributed by atoms with Crippen molar-refractivity contribution in [1.29, 1.82) is 0 Å². The van der Waals surface area contributed by atoms with Gasteiger partial charge in [0.15, 0.2) is 0 Å². The lowest BCUT2D eigenvalue weighted by molar-refractivity contribution is -0.166. The van der Waals surface area contributed by atoms with E-state index in [2.05, 4.69) is 16.6 Å². The van der Waals surface area contributed by atoms with E-state index in [4.69, 9.17) is 0 Å². The number of carbonyl (C=O) groups excluding carboxylic acids is 1. The molecule has 0 saturated carbocycles. The summed E-state index contributed by atoms with van der Waals surface area (Å²) < 4.78 is 40.1. The molecule has 2 aromatic rings. The molecular weight excluding hydrogens is 359 g/mol. The van der Waals surface area contributed by atoms with Gasteiger partial charge in [0.1, 0.15) is 11.9 Å². The van der Waals surface area contributed by atoms with Crippen molar-refractivity contribution in [3.05, 3.63) is 59.9 Å². The minimum Gasteiger partial charge on any atom is -0.285 e. The second-order valence-corrected chi connectivity index (χ2v) is 7.13. The Labute approximate surface area is 151 Å². The Balaban J connectivity index is 2.23. The van der Waals surface area contributed by atoms with E-state index in [0.717, 1.165) is 12.1 Å². The molecule has 0 heterocycles. The molecule has 136 valence electrons. The fourth-order valence-corrected chi connectivity index (χ4v) is 3.10. The van der Waals surface area contributed by atoms with Gasteiger partial charge < -0.3 is 0 Å². The summed E-state index contributed by atoms with van der Waals surface area (Å²) in [6, 6.07) is 10.1. The van der Waals surface area contributed by atoms with Crippen molar-refractivity contribution in [2.75, 3.05) is 4.72 Å². The first kappa shape index (κ1) is 19.4. The third-order valence-electron chi connectivity index (χ3n) is 3.36. The van der Waals surface area contributed by atoms with Crippen molar-refractivity contribution in [2.24, 2.45) is 0 Å². The summed E-state index contributed by atoms with van der Waals surface area (Å²) in [5.74, 6) is 4.36. The van der Waals surface area contributed by atoms with E-state index in [9.17, 15) is 22.8 Å². The highest BCUT2D eigenvalue weighted by Crippen LogP contribution is 2.17. The highest BCUT2D eigenvalue weighted by molar-refractivity contribution is 7.92. The second-order valence-electron chi connectivity index (χ2n) is 5.45. The van der Waals surface area contributed by atoms with Gasteiger partial charge in [-0.3, -0.25) is 14.7 Å². The van der Waals surface area contributed by atoms with Crippen LogP contribution < -0.4 is 4.72 Å². The average Bonchev–Trinajstić information content (AvgIpc) is 2.61. The number of halogens is 1. The van der Waals surface area contributed by atoms with E-state index in [-0.39, 0.29) is 10.6 Å². The number of amides is 1. The monoisotopic (exact) mass is 376 g/mol. The number of nitrogens with zero attached hydrogens (tertiary/aromatic N) is 1. The van der Waals surface area contributed by atoms with Crippen molar-refractivity contribution in [2.45, 2.75) is 24.8 Å². The zero-order valence-electron chi connectivity index (χ0n) is 14.1. The minimum absolute atomic E-state index is 0.0197. The summed E-state index contributed by atoms with van der Waals surface area (Å²) in [6.45, 7) is 2.73. The van der Waals surface area contributed by atoms with E-state index < -0.39 is 27.8 Å².